The number of amides is 3. The molecule has 4 aliphatic rings. The van der Waals surface area contributed by atoms with Crippen molar-refractivity contribution in [3.05, 3.63) is 34.9 Å². The molecule has 3 amide bonds. The van der Waals surface area contributed by atoms with Gasteiger partial charge in [0.05, 0.1) is 6.04 Å². The molecule has 0 radical (unpaired) electrons. The van der Waals surface area contributed by atoms with Gasteiger partial charge in [-0.05, 0) is 63.3 Å². The largest absolute Gasteiger partial charge is 0.444 e. The number of carbonyl (C=O) groups excluding carboxylic acids is 3. The Balaban J connectivity index is 1.02. The number of likely N-dealkylation sites (tertiary alicyclic amines) is 2. The number of aliphatic hydroxyl groups excluding tert-OH is 1. The van der Waals surface area contributed by atoms with Gasteiger partial charge in [-0.3, -0.25) is 29.6 Å². The number of rotatable bonds is 5. The molecule has 0 saturated carbocycles. The molecule has 4 aliphatic heterocycles. The molecule has 4 heterocycles. The summed E-state index contributed by atoms with van der Waals surface area (Å²) >= 11 is 0. The fourth-order valence-electron chi connectivity index (χ4n) is 6.03. The third-order valence-corrected chi connectivity index (χ3v) is 8.19. The summed E-state index contributed by atoms with van der Waals surface area (Å²) < 4.78 is 5.38. The quantitative estimate of drug-likeness (QED) is 0.375. The summed E-state index contributed by atoms with van der Waals surface area (Å²) in [5, 5.41) is 16.2. The summed E-state index contributed by atoms with van der Waals surface area (Å²) in [6.07, 6.45) is 2.21. The van der Waals surface area contributed by atoms with Gasteiger partial charge in [-0.1, -0.05) is 17.9 Å². The zero-order valence-corrected chi connectivity index (χ0v) is 23.7. The maximum atomic E-state index is 12.3. The highest BCUT2D eigenvalue weighted by Crippen LogP contribution is 2.35. The normalized spacial score (nSPS) is 25.0. The van der Waals surface area contributed by atoms with E-state index in [4.69, 9.17) is 4.74 Å². The molecule has 216 valence electrons. The van der Waals surface area contributed by atoms with Gasteiger partial charge >= 0.3 is 6.09 Å². The zero-order chi connectivity index (χ0) is 28.4. The molecule has 5 rings (SSSR count). The van der Waals surface area contributed by atoms with Gasteiger partial charge in [0.2, 0.25) is 11.8 Å². The molecule has 0 bridgehead atoms. The first-order valence-corrected chi connectivity index (χ1v) is 14.4. The summed E-state index contributed by atoms with van der Waals surface area (Å²) in [6.45, 7) is 11.1. The molecule has 40 heavy (non-hydrogen) atoms. The lowest BCUT2D eigenvalue weighted by Gasteiger charge is -2.47. The van der Waals surface area contributed by atoms with Crippen molar-refractivity contribution in [2.75, 3.05) is 32.7 Å². The monoisotopic (exact) mass is 551 g/mol. The molecule has 10 heteroatoms. The molecule has 2 unspecified atom stereocenters. The van der Waals surface area contributed by atoms with Gasteiger partial charge in [-0.2, -0.15) is 0 Å². The molecule has 0 spiro atoms. The lowest BCUT2D eigenvalue weighted by molar-refractivity contribution is -0.141. The third-order valence-electron chi connectivity index (χ3n) is 8.19. The number of hydrogen-bond donors (Lipinski definition) is 3. The van der Waals surface area contributed by atoms with Crippen LogP contribution in [0.2, 0.25) is 0 Å². The van der Waals surface area contributed by atoms with Crippen LogP contribution in [0.25, 0.3) is 0 Å². The maximum Gasteiger partial charge on any atom is 0.407 e. The van der Waals surface area contributed by atoms with Crippen LogP contribution in [0.4, 0.5) is 4.79 Å². The number of nitrogens with zero attached hydrogens (tertiary/aromatic N) is 3. The minimum Gasteiger partial charge on any atom is -0.444 e. The zero-order valence-electron chi connectivity index (χ0n) is 23.7. The molecule has 2 atom stereocenters. The van der Waals surface area contributed by atoms with E-state index in [2.05, 4.69) is 32.3 Å². The van der Waals surface area contributed by atoms with Crippen LogP contribution in [-0.2, 0) is 20.9 Å². The Morgan fingerprint density at radius 3 is 2.62 bits per heavy atom. The Morgan fingerprint density at radius 1 is 1.18 bits per heavy atom. The van der Waals surface area contributed by atoms with Crippen LogP contribution in [0.5, 0.6) is 0 Å². The standard InChI is InChI=1S/C30H41N5O5/c1-30(2,3)40-29(39)31-22-11-14-34(15-12-22)23-18-33(19-23)13-5-4-6-20-7-8-24-21(16-20)17-35(28(24)38)25-9-10-26(36)32-27(25)37/h7-8,16,22-23,25,28,38H,5,9-15,17-19H2,1-3H3,(H,31,39)(H,32,36,37). The number of imide groups is 1. The van der Waals surface area contributed by atoms with Crippen molar-refractivity contribution in [3.8, 4) is 11.8 Å². The highest BCUT2D eigenvalue weighted by molar-refractivity contribution is 6.00. The van der Waals surface area contributed by atoms with E-state index >= 15 is 0 Å². The molecular formula is C30H41N5O5. The minimum absolute atomic E-state index is 0.181. The van der Waals surface area contributed by atoms with E-state index in [9.17, 15) is 19.5 Å². The second-order valence-corrected chi connectivity index (χ2v) is 12.3. The molecule has 0 aliphatic carbocycles. The molecule has 1 aromatic carbocycles. The molecule has 1 aromatic rings. The average molecular weight is 552 g/mol. The lowest BCUT2D eigenvalue weighted by atomic mass is 9.99. The van der Waals surface area contributed by atoms with Crippen LogP contribution in [0.15, 0.2) is 18.2 Å². The minimum atomic E-state index is -0.854. The van der Waals surface area contributed by atoms with Crippen molar-refractivity contribution in [2.45, 2.75) is 89.4 Å². The van der Waals surface area contributed by atoms with Gasteiger partial charge in [0, 0.05) is 69.8 Å². The predicted octanol–water partition coefficient (Wildman–Crippen LogP) is 1.71. The van der Waals surface area contributed by atoms with Crippen LogP contribution in [0.3, 0.4) is 0 Å². The van der Waals surface area contributed by atoms with Gasteiger partial charge in [-0.25, -0.2) is 4.79 Å². The summed E-state index contributed by atoms with van der Waals surface area (Å²) in [5.74, 6) is 5.95. The number of carbonyl (C=O) groups is 3. The highest BCUT2D eigenvalue weighted by atomic mass is 16.6. The van der Waals surface area contributed by atoms with E-state index in [1.807, 2.05) is 39.0 Å². The third kappa shape index (κ3) is 6.84. The number of ether oxygens (including phenoxy) is 1. The first kappa shape index (κ1) is 28.6. The number of benzene rings is 1. The molecular weight excluding hydrogens is 510 g/mol. The predicted molar refractivity (Wildman–Crippen MR) is 149 cm³/mol. The van der Waals surface area contributed by atoms with Gasteiger partial charge < -0.3 is 15.2 Å². The Labute approximate surface area is 236 Å². The Bertz CT molecular complexity index is 1190. The van der Waals surface area contributed by atoms with E-state index < -0.39 is 17.9 Å². The summed E-state index contributed by atoms with van der Waals surface area (Å²) in [6, 6.07) is 6.06. The lowest BCUT2D eigenvalue weighted by Crippen LogP contribution is -2.61. The summed E-state index contributed by atoms with van der Waals surface area (Å²) in [7, 11) is 0. The van der Waals surface area contributed by atoms with Crippen LogP contribution >= 0.6 is 0 Å². The first-order valence-electron chi connectivity index (χ1n) is 14.4. The van der Waals surface area contributed by atoms with Crippen molar-refractivity contribution in [2.24, 2.45) is 0 Å². The van der Waals surface area contributed by atoms with Crippen LogP contribution in [0, 0.1) is 11.8 Å². The number of aliphatic hydroxyl groups is 1. The van der Waals surface area contributed by atoms with E-state index in [-0.39, 0.29) is 30.4 Å². The molecule has 3 fully saturated rings. The van der Waals surface area contributed by atoms with Crippen molar-refractivity contribution in [3.63, 3.8) is 0 Å². The van der Waals surface area contributed by atoms with E-state index in [1.54, 1.807) is 4.90 Å². The van der Waals surface area contributed by atoms with Gasteiger partial charge in [0.1, 0.15) is 11.8 Å². The second kappa shape index (κ2) is 11.9. The summed E-state index contributed by atoms with van der Waals surface area (Å²) in [4.78, 5) is 42.5. The number of fused-ring (bicyclic) bond motifs is 1. The van der Waals surface area contributed by atoms with Crippen molar-refractivity contribution in [1.82, 2.24) is 25.3 Å². The molecule has 10 nitrogen and oxygen atoms in total. The fourth-order valence-corrected chi connectivity index (χ4v) is 6.03. The maximum absolute atomic E-state index is 12.3. The highest BCUT2D eigenvalue weighted by Gasteiger charge is 2.39. The smallest absolute Gasteiger partial charge is 0.407 e. The van der Waals surface area contributed by atoms with Crippen molar-refractivity contribution in [1.29, 1.82) is 0 Å². The van der Waals surface area contributed by atoms with Crippen molar-refractivity contribution >= 4 is 17.9 Å². The molecule has 3 N–H and O–H groups in total. The van der Waals surface area contributed by atoms with Gasteiger partial charge in [-0.15, -0.1) is 0 Å². The molecule has 0 aromatic heterocycles. The fraction of sp³-hybridized carbons (Fsp3) is 0.633. The molecule has 3 saturated heterocycles. The van der Waals surface area contributed by atoms with Crippen LogP contribution in [0.1, 0.15) is 75.8 Å². The first-order chi connectivity index (χ1) is 19.1. The average Bonchev–Trinajstić information content (AvgIpc) is 3.17. The number of alkyl carbamates (subject to hydrolysis) is 1. The SMILES string of the molecule is CC(C)(C)OC(=O)NC1CCN(C2CN(CCC#Cc3ccc4c(c3)CN(C3CCC(=O)NC3=O)C4O)C2)CC1. The summed E-state index contributed by atoms with van der Waals surface area (Å²) in [5.41, 5.74) is 2.20. The Kier molecular flexibility index (Phi) is 8.47. The van der Waals surface area contributed by atoms with Gasteiger partial charge in [0.25, 0.3) is 0 Å². The number of piperidine rings is 2. The van der Waals surface area contributed by atoms with E-state index in [1.165, 1.54) is 0 Å². The van der Waals surface area contributed by atoms with Crippen molar-refractivity contribution < 1.29 is 24.2 Å². The number of nitrogens with one attached hydrogen (secondary N) is 2. The van der Waals surface area contributed by atoms with E-state index in [0.717, 1.165) is 68.7 Å². The second-order valence-electron chi connectivity index (χ2n) is 12.3. The van der Waals surface area contributed by atoms with E-state index in [0.29, 0.717) is 19.0 Å². The van der Waals surface area contributed by atoms with Crippen LogP contribution < -0.4 is 10.6 Å². The number of hydrogen-bond acceptors (Lipinski definition) is 8. The Hall–Kier alpha value is -2.97. The Morgan fingerprint density at radius 2 is 1.93 bits per heavy atom. The topological polar surface area (TPSA) is 114 Å². The van der Waals surface area contributed by atoms with Gasteiger partial charge in [0.15, 0.2) is 0 Å². The van der Waals surface area contributed by atoms with Crippen LogP contribution in [-0.4, -0.2) is 94.2 Å².